The zero-order chi connectivity index (χ0) is 15.5. The molecule has 4 nitrogen and oxygen atoms in total. The predicted octanol–water partition coefficient (Wildman–Crippen LogP) is 4.12. The summed E-state index contributed by atoms with van der Waals surface area (Å²) >= 11 is 3.47. The van der Waals surface area contributed by atoms with Crippen molar-refractivity contribution in [3.05, 3.63) is 64.8 Å². The summed E-state index contributed by atoms with van der Waals surface area (Å²) < 4.78 is 7.69. The molecule has 0 bridgehead atoms. The van der Waals surface area contributed by atoms with Crippen LogP contribution in [0.1, 0.15) is 10.4 Å². The molecule has 0 fully saturated rings. The van der Waals surface area contributed by atoms with Crippen molar-refractivity contribution in [2.75, 3.05) is 7.11 Å². The van der Waals surface area contributed by atoms with Gasteiger partial charge in [0.1, 0.15) is 16.0 Å². The number of benzene rings is 2. The van der Waals surface area contributed by atoms with E-state index in [1.807, 2.05) is 54.6 Å². The normalized spacial score (nSPS) is 10.5. The number of carbonyl (C=O) groups is 1. The number of aldehydes is 1. The minimum absolute atomic E-state index is 0.494. The molecule has 0 aliphatic rings. The molecule has 0 aliphatic carbocycles. The van der Waals surface area contributed by atoms with Crippen LogP contribution in [0.2, 0.25) is 0 Å². The molecule has 0 N–H and O–H groups in total. The molecule has 1 aromatic heterocycles. The Hall–Kier alpha value is -2.40. The third kappa shape index (κ3) is 2.44. The number of para-hydroxylation sites is 2. The van der Waals surface area contributed by atoms with Crippen LogP contribution < -0.4 is 4.74 Å². The van der Waals surface area contributed by atoms with Gasteiger partial charge < -0.3 is 4.74 Å². The van der Waals surface area contributed by atoms with E-state index < -0.39 is 0 Å². The van der Waals surface area contributed by atoms with Crippen LogP contribution in [0.4, 0.5) is 0 Å². The Morgan fingerprint density at radius 1 is 1.09 bits per heavy atom. The Labute approximate surface area is 136 Å². The summed E-state index contributed by atoms with van der Waals surface area (Å²) in [7, 11) is 1.60. The van der Waals surface area contributed by atoms with E-state index >= 15 is 0 Å². The number of hydrogen-bond acceptors (Lipinski definition) is 3. The van der Waals surface area contributed by atoms with E-state index in [0.29, 0.717) is 21.6 Å². The summed E-state index contributed by atoms with van der Waals surface area (Å²) in [6, 6.07) is 17.1. The molecular formula is C17H13BrN2O2. The number of nitrogens with zero attached hydrogens (tertiary/aromatic N) is 2. The maximum Gasteiger partial charge on any atom is 0.155 e. The maximum absolute atomic E-state index is 11.5. The van der Waals surface area contributed by atoms with Gasteiger partial charge in [-0.1, -0.05) is 30.3 Å². The van der Waals surface area contributed by atoms with Gasteiger partial charge in [0.2, 0.25) is 0 Å². The standard InChI is InChI=1S/C17H13BrN2O2/c1-22-15-10-6-5-9-13(15)16-14(11-21)17(18)20(19-16)12-7-3-2-4-8-12/h2-11H,1H3. The SMILES string of the molecule is COc1ccccc1-c1nn(-c2ccccc2)c(Br)c1C=O. The minimum Gasteiger partial charge on any atom is -0.496 e. The summed E-state index contributed by atoms with van der Waals surface area (Å²) in [5.41, 5.74) is 2.73. The van der Waals surface area contributed by atoms with Gasteiger partial charge in [0.05, 0.1) is 18.4 Å². The second-order valence-corrected chi connectivity index (χ2v) is 5.37. The van der Waals surface area contributed by atoms with Crippen LogP contribution in [0.25, 0.3) is 16.9 Å². The molecule has 1 heterocycles. The Kier molecular flexibility index (Phi) is 4.06. The molecule has 0 aliphatic heterocycles. The number of aromatic nitrogens is 2. The van der Waals surface area contributed by atoms with Crippen LogP contribution in [-0.2, 0) is 0 Å². The number of methoxy groups -OCH3 is 1. The lowest BCUT2D eigenvalue weighted by Crippen LogP contribution is -1.96. The maximum atomic E-state index is 11.5. The fourth-order valence-electron chi connectivity index (χ4n) is 2.29. The van der Waals surface area contributed by atoms with Gasteiger partial charge >= 0.3 is 0 Å². The van der Waals surface area contributed by atoms with E-state index in [4.69, 9.17) is 4.74 Å². The van der Waals surface area contributed by atoms with Gasteiger partial charge in [-0.2, -0.15) is 5.10 Å². The molecule has 2 aromatic carbocycles. The molecule has 0 saturated heterocycles. The monoisotopic (exact) mass is 356 g/mol. The fraction of sp³-hybridized carbons (Fsp3) is 0.0588. The first kappa shape index (κ1) is 14.5. The lowest BCUT2D eigenvalue weighted by Gasteiger charge is -2.06. The van der Waals surface area contributed by atoms with E-state index in [-0.39, 0.29) is 0 Å². The quantitative estimate of drug-likeness (QED) is 0.660. The van der Waals surface area contributed by atoms with Crippen molar-refractivity contribution in [2.45, 2.75) is 0 Å². The highest BCUT2D eigenvalue weighted by Gasteiger charge is 2.20. The number of halogens is 1. The van der Waals surface area contributed by atoms with Gasteiger partial charge in [0.15, 0.2) is 6.29 Å². The molecule has 0 radical (unpaired) electrons. The minimum atomic E-state index is 0.494. The van der Waals surface area contributed by atoms with E-state index in [1.165, 1.54) is 0 Å². The molecule has 110 valence electrons. The van der Waals surface area contributed by atoms with Crippen LogP contribution in [0.3, 0.4) is 0 Å². The Balaban J connectivity index is 2.23. The first-order valence-electron chi connectivity index (χ1n) is 6.68. The zero-order valence-corrected chi connectivity index (χ0v) is 13.4. The van der Waals surface area contributed by atoms with Gasteiger partial charge in [-0.3, -0.25) is 4.79 Å². The van der Waals surface area contributed by atoms with Gasteiger partial charge in [-0.15, -0.1) is 0 Å². The summed E-state index contributed by atoms with van der Waals surface area (Å²) in [5, 5.41) is 4.59. The highest BCUT2D eigenvalue weighted by Crippen LogP contribution is 2.34. The third-order valence-corrected chi connectivity index (χ3v) is 4.11. The third-order valence-electron chi connectivity index (χ3n) is 3.34. The van der Waals surface area contributed by atoms with Crippen molar-refractivity contribution in [3.63, 3.8) is 0 Å². The van der Waals surface area contributed by atoms with Crippen molar-refractivity contribution >= 4 is 22.2 Å². The molecular weight excluding hydrogens is 344 g/mol. The van der Waals surface area contributed by atoms with Gasteiger partial charge in [0, 0.05) is 5.56 Å². The van der Waals surface area contributed by atoms with Gasteiger partial charge in [0.25, 0.3) is 0 Å². The molecule has 0 unspecified atom stereocenters. The van der Waals surface area contributed by atoms with E-state index in [0.717, 1.165) is 17.5 Å². The number of carbonyl (C=O) groups excluding carboxylic acids is 1. The van der Waals surface area contributed by atoms with Crippen LogP contribution in [0.15, 0.2) is 59.2 Å². The van der Waals surface area contributed by atoms with Crippen molar-refractivity contribution in [2.24, 2.45) is 0 Å². The van der Waals surface area contributed by atoms with Crippen LogP contribution in [0.5, 0.6) is 5.75 Å². The molecule has 0 spiro atoms. The number of ether oxygens (including phenoxy) is 1. The first-order chi connectivity index (χ1) is 10.8. The molecule has 3 aromatic rings. The summed E-state index contributed by atoms with van der Waals surface area (Å²) in [6.45, 7) is 0. The second kappa shape index (κ2) is 6.15. The number of rotatable bonds is 4. The molecule has 5 heteroatoms. The van der Waals surface area contributed by atoms with Crippen molar-refractivity contribution in [1.82, 2.24) is 9.78 Å². The van der Waals surface area contributed by atoms with Crippen LogP contribution >= 0.6 is 15.9 Å². The van der Waals surface area contributed by atoms with Crippen molar-refractivity contribution in [1.29, 1.82) is 0 Å². The highest BCUT2D eigenvalue weighted by atomic mass is 79.9. The Morgan fingerprint density at radius 2 is 1.77 bits per heavy atom. The number of hydrogen-bond donors (Lipinski definition) is 0. The summed E-state index contributed by atoms with van der Waals surface area (Å²) in [6.07, 6.45) is 0.804. The van der Waals surface area contributed by atoms with Gasteiger partial charge in [-0.25, -0.2) is 4.68 Å². The van der Waals surface area contributed by atoms with Crippen LogP contribution in [0, 0.1) is 0 Å². The summed E-state index contributed by atoms with van der Waals surface area (Å²) in [5.74, 6) is 0.677. The Bertz CT molecular complexity index is 813. The summed E-state index contributed by atoms with van der Waals surface area (Å²) in [4.78, 5) is 11.5. The van der Waals surface area contributed by atoms with E-state index in [2.05, 4.69) is 21.0 Å². The van der Waals surface area contributed by atoms with E-state index in [9.17, 15) is 4.79 Å². The smallest absolute Gasteiger partial charge is 0.155 e. The van der Waals surface area contributed by atoms with Crippen LogP contribution in [-0.4, -0.2) is 23.2 Å². The molecule has 0 saturated carbocycles. The zero-order valence-electron chi connectivity index (χ0n) is 11.9. The topological polar surface area (TPSA) is 44.1 Å². The molecule has 3 rings (SSSR count). The molecule has 0 amide bonds. The average Bonchev–Trinajstić information content (AvgIpc) is 2.92. The Morgan fingerprint density at radius 3 is 2.45 bits per heavy atom. The first-order valence-corrected chi connectivity index (χ1v) is 7.48. The molecule has 0 atom stereocenters. The largest absolute Gasteiger partial charge is 0.496 e. The fourth-order valence-corrected chi connectivity index (χ4v) is 2.86. The lowest BCUT2D eigenvalue weighted by molar-refractivity contribution is 0.112. The lowest BCUT2D eigenvalue weighted by atomic mass is 10.1. The highest BCUT2D eigenvalue weighted by molar-refractivity contribution is 9.10. The predicted molar refractivity (Wildman–Crippen MR) is 88.6 cm³/mol. The second-order valence-electron chi connectivity index (χ2n) is 4.62. The van der Waals surface area contributed by atoms with Crippen molar-refractivity contribution in [3.8, 4) is 22.7 Å². The average molecular weight is 357 g/mol. The van der Waals surface area contributed by atoms with Crippen molar-refractivity contribution < 1.29 is 9.53 Å². The molecule has 22 heavy (non-hydrogen) atoms. The van der Waals surface area contributed by atoms with Gasteiger partial charge in [-0.05, 0) is 40.2 Å². The van der Waals surface area contributed by atoms with E-state index in [1.54, 1.807) is 11.8 Å².